The van der Waals surface area contributed by atoms with Gasteiger partial charge in [-0.05, 0) is 32.5 Å². The van der Waals surface area contributed by atoms with E-state index in [9.17, 15) is 0 Å². The topological polar surface area (TPSA) is 46.8 Å². The van der Waals surface area contributed by atoms with E-state index in [-0.39, 0.29) is 0 Å². The summed E-state index contributed by atoms with van der Waals surface area (Å²) < 4.78 is 1.85. The molecular formula is C13H19N5. The van der Waals surface area contributed by atoms with Crippen molar-refractivity contribution in [2.24, 2.45) is 7.05 Å². The molecule has 0 radical (unpaired) electrons. The summed E-state index contributed by atoms with van der Waals surface area (Å²) in [6, 6.07) is 0. The molecule has 2 aromatic rings. The summed E-state index contributed by atoms with van der Waals surface area (Å²) in [4.78, 5) is 11.3. The molecule has 0 saturated carbocycles. The van der Waals surface area contributed by atoms with Crippen LogP contribution in [0.1, 0.15) is 31.4 Å². The molecule has 0 N–H and O–H groups in total. The number of nitrogens with zero attached hydrogens (tertiary/aromatic N) is 5. The van der Waals surface area contributed by atoms with Gasteiger partial charge in [-0.25, -0.2) is 14.6 Å². The third-order valence-corrected chi connectivity index (χ3v) is 3.91. The van der Waals surface area contributed by atoms with Gasteiger partial charge in [-0.3, -0.25) is 0 Å². The lowest BCUT2D eigenvalue weighted by atomic mass is 9.93. The Bertz CT molecular complexity index is 539. The molecule has 3 rings (SSSR count). The van der Waals surface area contributed by atoms with Crippen molar-refractivity contribution in [2.45, 2.75) is 25.7 Å². The normalized spacial score (nSPS) is 18.6. The van der Waals surface area contributed by atoms with Crippen LogP contribution in [0, 0.1) is 0 Å². The van der Waals surface area contributed by atoms with Crippen LogP contribution in [0.25, 0.3) is 11.2 Å². The van der Waals surface area contributed by atoms with Crippen molar-refractivity contribution in [3.8, 4) is 0 Å². The van der Waals surface area contributed by atoms with Crippen molar-refractivity contribution in [1.82, 2.24) is 24.6 Å². The van der Waals surface area contributed by atoms with Crippen LogP contribution in [-0.4, -0.2) is 44.3 Å². The van der Waals surface area contributed by atoms with Crippen molar-refractivity contribution in [1.29, 1.82) is 0 Å². The number of rotatable bonds is 2. The molecule has 5 nitrogen and oxygen atoms in total. The maximum atomic E-state index is 4.64. The van der Waals surface area contributed by atoms with E-state index in [0.29, 0.717) is 5.92 Å². The zero-order valence-corrected chi connectivity index (χ0v) is 11.0. The zero-order chi connectivity index (χ0) is 12.5. The zero-order valence-electron chi connectivity index (χ0n) is 11.0. The van der Waals surface area contributed by atoms with Gasteiger partial charge in [-0.1, -0.05) is 6.92 Å². The van der Waals surface area contributed by atoms with E-state index in [2.05, 4.69) is 26.9 Å². The second-order valence-corrected chi connectivity index (χ2v) is 4.95. The Balaban J connectivity index is 1.91. The van der Waals surface area contributed by atoms with Gasteiger partial charge < -0.3 is 4.90 Å². The molecule has 2 aromatic heterocycles. The average Bonchev–Trinajstić information content (AvgIpc) is 2.77. The van der Waals surface area contributed by atoms with Crippen LogP contribution < -0.4 is 0 Å². The highest BCUT2D eigenvalue weighted by Gasteiger charge is 2.24. The van der Waals surface area contributed by atoms with E-state index < -0.39 is 0 Å². The molecule has 5 heteroatoms. The minimum Gasteiger partial charge on any atom is -0.304 e. The van der Waals surface area contributed by atoms with Crippen molar-refractivity contribution in [3.63, 3.8) is 0 Å². The molecular weight excluding hydrogens is 226 g/mol. The van der Waals surface area contributed by atoms with Gasteiger partial charge in [0.05, 0.1) is 5.69 Å². The fraction of sp³-hybridized carbons (Fsp3) is 0.615. The fourth-order valence-electron chi connectivity index (χ4n) is 2.80. The van der Waals surface area contributed by atoms with E-state index in [1.807, 2.05) is 11.7 Å². The van der Waals surface area contributed by atoms with E-state index >= 15 is 0 Å². The van der Waals surface area contributed by atoms with Crippen LogP contribution in [0.4, 0.5) is 0 Å². The van der Waals surface area contributed by atoms with Gasteiger partial charge in [0, 0.05) is 25.4 Å². The van der Waals surface area contributed by atoms with Gasteiger partial charge in [0.1, 0.15) is 5.52 Å². The van der Waals surface area contributed by atoms with Crippen molar-refractivity contribution in [2.75, 3.05) is 19.6 Å². The lowest BCUT2D eigenvalue weighted by Crippen LogP contribution is -2.32. The molecule has 1 aliphatic rings. The number of fused-ring (bicyclic) bond motifs is 1. The van der Waals surface area contributed by atoms with Gasteiger partial charge in [-0.15, -0.1) is 0 Å². The number of likely N-dealkylation sites (tertiary alicyclic amines) is 1. The van der Waals surface area contributed by atoms with Gasteiger partial charge in [-0.2, -0.15) is 5.10 Å². The van der Waals surface area contributed by atoms with E-state index in [1.54, 1.807) is 12.4 Å². The predicted molar refractivity (Wildman–Crippen MR) is 70.4 cm³/mol. The Morgan fingerprint density at radius 2 is 1.94 bits per heavy atom. The Kier molecular flexibility index (Phi) is 2.99. The predicted octanol–water partition coefficient (Wildman–Crippen LogP) is 1.56. The molecule has 1 aliphatic heterocycles. The molecule has 96 valence electrons. The summed E-state index contributed by atoms with van der Waals surface area (Å²) in [6.07, 6.45) is 5.84. The molecule has 0 unspecified atom stereocenters. The molecule has 0 atom stereocenters. The third kappa shape index (κ3) is 1.88. The summed E-state index contributed by atoms with van der Waals surface area (Å²) in [6.45, 7) is 5.70. The van der Waals surface area contributed by atoms with Gasteiger partial charge in [0.15, 0.2) is 5.65 Å². The van der Waals surface area contributed by atoms with Gasteiger partial charge >= 0.3 is 0 Å². The first-order valence-electron chi connectivity index (χ1n) is 6.65. The Hall–Kier alpha value is -1.49. The average molecular weight is 245 g/mol. The monoisotopic (exact) mass is 245 g/mol. The summed E-state index contributed by atoms with van der Waals surface area (Å²) in [7, 11) is 1.95. The first-order chi connectivity index (χ1) is 8.79. The maximum absolute atomic E-state index is 4.64. The molecule has 0 bridgehead atoms. The quantitative estimate of drug-likeness (QED) is 0.805. The van der Waals surface area contributed by atoms with Crippen LogP contribution in [0.2, 0.25) is 0 Å². The molecule has 0 spiro atoms. The maximum Gasteiger partial charge on any atom is 0.176 e. The SMILES string of the molecule is CCN1CCC(c2nn(C)c3nccnc23)CC1. The number of hydrogen-bond donors (Lipinski definition) is 0. The van der Waals surface area contributed by atoms with Crippen molar-refractivity contribution >= 4 is 11.2 Å². The van der Waals surface area contributed by atoms with Crippen molar-refractivity contribution < 1.29 is 0 Å². The molecule has 1 fully saturated rings. The Labute approximate surface area is 107 Å². The van der Waals surface area contributed by atoms with Gasteiger partial charge in [0.2, 0.25) is 0 Å². The molecule has 3 heterocycles. The highest BCUT2D eigenvalue weighted by atomic mass is 15.3. The number of piperidine rings is 1. The Morgan fingerprint density at radius 1 is 1.22 bits per heavy atom. The van der Waals surface area contributed by atoms with E-state index in [4.69, 9.17) is 0 Å². The summed E-state index contributed by atoms with van der Waals surface area (Å²) >= 11 is 0. The number of hydrogen-bond acceptors (Lipinski definition) is 4. The fourth-order valence-corrected chi connectivity index (χ4v) is 2.80. The summed E-state index contributed by atoms with van der Waals surface area (Å²) in [5.74, 6) is 0.535. The lowest BCUT2D eigenvalue weighted by molar-refractivity contribution is 0.221. The number of aryl methyl sites for hydroxylation is 1. The highest BCUT2D eigenvalue weighted by Crippen LogP contribution is 2.30. The van der Waals surface area contributed by atoms with Crippen LogP contribution in [0.15, 0.2) is 12.4 Å². The first-order valence-corrected chi connectivity index (χ1v) is 6.65. The summed E-state index contributed by atoms with van der Waals surface area (Å²) in [5.41, 5.74) is 3.01. The largest absolute Gasteiger partial charge is 0.304 e. The molecule has 0 aliphatic carbocycles. The molecule has 1 saturated heterocycles. The third-order valence-electron chi connectivity index (χ3n) is 3.91. The Morgan fingerprint density at radius 3 is 2.67 bits per heavy atom. The second-order valence-electron chi connectivity index (χ2n) is 4.95. The van der Waals surface area contributed by atoms with Crippen LogP contribution >= 0.6 is 0 Å². The first kappa shape index (κ1) is 11.6. The minimum atomic E-state index is 0.535. The molecule has 18 heavy (non-hydrogen) atoms. The molecule has 0 aromatic carbocycles. The van der Waals surface area contributed by atoms with Crippen LogP contribution in [-0.2, 0) is 7.05 Å². The second kappa shape index (κ2) is 4.65. The van der Waals surface area contributed by atoms with Crippen LogP contribution in [0.5, 0.6) is 0 Å². The smallest absolute Gasteiger partial charge is 0.176 e. The van der Waals surface area contributed by atoms with Crippen molar-refractivity contribution in [3.05, 3.63) is 18.1 Å². The lowest BCUT2D eigenvalue weighted by Gasteiger charge is -2.30. The van der Waals surface area contributed by atoms with E-state index in [0.717, 1.165) is 23.4 Å². The van der Waals surface area contributed by atoms with Crippen LogP contribution in [0.3, 0.4) is 0 Å². The summed E-state index contributed by atoms with van der Waals surface area (Å²) in [5, 5.41) is 4.64. The van der Waals surface area contributed by atoms with Gasteiger partial charge in [0.25, 0.3) is 0 Å². The minimum absolute atomic E-state index is 0.535. The number of aromatic nitrogens is 4. The van der Waals surface area contributed by atoms with E-state index in [1.165, 1.54) is 25.9 Å². The highest BCUT2D eigenvalue weighted by molar-refractivity contribution is 5.73. The molecule has 0 amide bonds. The standard InChI is InChI=1S/C13H19N5/c1-3-18-8-4-10(5-9-18)11-12-13(17(2)16-11)15-7-6-14-12/h6-7,10H,3-5,8-9H2,1-2H3.